The lowest BCUT2D eigenvalue weighted by atomic mass is 10.1. The van der Waals surface area contributed by atoms with Crippen molar-refractivity contribution in [1.82, 2.24) is 5.43 Å². The molecule has 2 aromatic rings. The molecule has 0 radical (unpaired) electrons. The van der Waals surface area contributed by atoms with Crippen LogP contribution in [0.25, 0.3) is 6.08 Å². The van der Waals surface area contributed by atoms with Crippen molar-refractivity contribution in [2.45, 2.75) is 6.92 Å². The summed E-state index contributed by atoms with van der Waals surface area (Å²) < 4.78 is 5.03. The molecular formula is C18H15ClN2O4. The maximum atomic E-state index is 12.6. The predicted molar refractivity (Wildman–Crippen MR) is 94.5 cm³/mol. The van der Waals surface area contributed by atoms with E-state index in [1.54, 1.807) is 36.4 Å². The maximum Gasteiger partial charge on any atom is 0.282 e. The summed E-state index contributed by atoms with van der Waals surface area (Å²) in [5, 5.41) is 11.7. The zero-order valence-electron chi connectivity index (χ0n) is 13.5. The number of carbonyl (C=O) groups excluding carboxylic acids is 2. The molecule has 3 rings (SSSR count). The Balaban J connectivity index is 1.98. The molecule has 0 bridgehead atoms. The fraction of sp³-hybridized carbons (Fsp3) is 0.111. The first-order chi connectivity index (χ1) is 11.9. The Morgan fingerprint density at radius 3 is 2.68 bits per heavy atom. The second kappa shape index (κ2) is 6.49. The summed E-state index contributed by atoms with van der Waals surface area (Å²) in [5.41, 5.74) is 4.01. The van der Waals surface area contributed by atoms with Gasteiger partial charge in [-0.1, -0.05) is 29.8 Å². The Morgan fingerprint density at radius 1 is 1.24 bits per heavy atom. The van der Waals surface area contributed by atoms with Crippen molar-refractivity contribution >= 4 is 35.2 Å². The molecule has 0 aliphatic carbocycles. The molecule has 1 aliphatic heterocycles. The van der Waals surface area contributed by atoms with Crippen molar-refractivity contribution < 1.29 is 19.4 Å². The first-order valence-electron chi connectivity index (χ1n) is 7.41. The summed E-state index contributed by atoms with van der Waals surface area (Å²) in [6.07, 6.45) is 1.32. The summed E-state index contributed by atoms with van der Waals surface area (Å²) in [6, 6.07) is 9.85. The van der Waals surface area contributed by atoms with Crippen LogP contribution in [-0.4, -0.2) is 24.0 Å². The molecule has 0 spiro atoms. The fourth-order valence-electron chi connectivity index (χ4n) is 2.44. The van der Waals surface area contributed by atoms with Crippen molar-refractivity contribution in [1.29, 1.82) is 0 Å². The van der Waals surface area contributed by atoms with Crippen LogP contribution in [0.3, 0.4) is 0 Å². The van der Waals surface area contributed by atoms with Crippen LogP contribution < -0.4 is 15.2 Å². The smallest absolute Gasteiger partial charge is 0.282 e. The summed E-state index contributed by atoms with van der Waals surface area (Å²) in [5.74, 6) is -0.992. The lowest BCUT2D eigenvalue weighted by Crippen LogP contribution is -2.35. The van der Waals surface area contributed by atoms with E-state index in [0.717, 1.165) is 10.6 Å². The second-order valence-electron chi connectivity index (χ2n) is 5.47. The van der Waals surface area contributed by atoms with E-state index >= 15 is 0 Å². The first kappa shape index (κ1) is 16.9. The first-order valence-corrected chi connectivity index (χ1v) is 7.79. The van der Waals surface area contributed by atoms with E-state index in [4.69, 9.17) is 16.3 Å². The number of phenolic OH excluding ortho intramolecular Hbond substituents is 1. The van der Waals surface area contributed by atoms with Gasteiger partial charge in [0.2, 0.25) is 0 Å². The fourth-order valence-corrected chi connectivity index (χ4v) is 2.61. The van der Waals surface area contributed by atoms with Crippen LogP contribution in [0.2, 0.25) is 5.02 Å². The molecule has 0 aromatic heterocycles. The van der Waals surface area contributed by atoms with Gasteiger partial charge in [0.1, 0.15) is 5.57 Å². The van der Waals surface area contributed by atoms with Crippen LogP contribution in [0, 0.1) is 6.92 Å². The molecule has 0 atom stereocenters. The van der Waals surface area contributed by atoms with E-state index in [2.05, 4.69) is 5.43 Å². The van der Waals surface area contributed by atoms with E-state index in [-0.39, 0.29) is 17.1 Å². The van der Waals surface area contributed by atoms with Crippen molar-refractivity contribution in [3.63, 3.8) is 0 Å². The van der Waals surface area contributed by atoms with Crippen molar-refractivity contribution in [3.05, 3.63) is 58.1 Å². The Kier molecular flexibility index (Phi) is 4.37. The highest BCUT2D eigenvalue weighted by atomic mass is 35.5. The van der Waals surface area contributed by atoms with E-state index < -0.39 is 11.8 Å². The third-order valence-electron chi connectivity index (χ3n) is 3.86. The van der Waals surface area contributed by atoms with Gasteiger partial charge in [0, 0.05) is 10.6 Å². The number of aryl methyl sites for hydroxylation is 1. The standard InChI is InChI=1S/C18H15ClN2O4/c1-10-6-7-12(9-14(10)19)21-18(24)13(17(23)20-21)8-11-4-3-5-15(25-2)16(11)22/h3-9,22H,1-2H3,(H,20,23). The number of halogens is 1. The molecule has 2 aromatic carbocycles. The van der Waals surface area contributed by atoms with Crippen molar-refractivity contribution in [2.75, 3.05) is 12.1 Å². The van der Waals surface area contributed by atoms with Gasteiger partial charge >= 0.3 is 0 Å². The molecule has 0 saturated carbocycles. The van der Waals surface area contributed by atoms with Gasteiger partial charge in [-0.05, 0) is 36.8 Å². The number of nitrogens with one attached hydrogen (secondary N) is 1. The Labute approximate surface area is 149 Å². The van der Waals surface area contributed by atoms with Crippen molar-refractivity contribution in [3.8, 4) is 11.5 Å². The number of nitrogens with zero attached hydrogens (tertiary/aromatic N) is 1. The number of methoxy groups -OCH3 is 1. The van der Waals surface area contributed by atoms with E-state index in [1.165, 1.54) is 13.2 Å². The molecule has 128 valence electrons. The van der Waals surface area contributed by atoms with Gasteiger partial charge in [0.15, 0.2) is 11.5 Å². The lowest BCUT2D eigenvalue weighted by molar-refractivity contribution is -0.117. The number of benzene rings is 2. The van der Waals surface area contributed by atoms with Gasteiger partial charge in [0.05, 0.1) is 12.8 Å². The minimum Gasteiger partial charge on any atom is -0.504 e. The number of hydrogen-bond acceptors (Lipinski definition) is 4. The van der Waals surface area contributed by atoms with Crippen molar-refractivity contribution in [2.24, 2.45) is 0 Å². The largest absolute Gasteiger partial charge is 0.504 e. The molecule has 6 nitrogen and oxygen atoms in total. The molecule has 2 amide bonds. The molecule has 2 N–H and O–H groups in total. The van der Waals surface area contributed by atoms with Gasteiger partial charge in [-0.25, -0.2) is 5.01 Å². The lowest BCUT2D eigenvalue weighted by Gasteiger charge is -2.15. The van der Waals surface area contributed by atoms with Crippen LogP contribution in [0.5, 0.6) is 11.5 Å². The summed E-state index contributed by atoms with van der Waals surface area (Å²) >= 11 is 6.08. The van der Waals surface area contributed by atoms with Crippen LogP contribution in [0.4, 0.5) is 5.69 Å². The van der Waals surface area contributed by atoms with Gasteiger partial charge in [0.25, 0.3) is 11.8 Å². The van der Waals surface area contributed by atoms with Gasteiger partial charge < -0.3 is 9.84 Å². The molecule has 0 unspecified atom stereocenters. The van der Waals surface area contributed by atoms with E-state index in [1.807, 2.05) is 6.92 Å². The Morgan fingerprint density at radius 2 is 2.00 bits per heavy atom. The second-order valence-corrected chi connectivity index (χ2v) is 5.88. The Hall–Kier alpha value is -2.99. The van der Waals surface area contributed by atoms with Crippen LogP contribution >= 0.6 is 11.6 Å². The average Bonchev–Trinajstić information content (AvgIpc) is 2.87. The molecular weight excluding hydrogens is 344 g/mol. The SMILES string of the molecule is COc1cccc(C=C2C(=O)NN(c3ccc(C)c(Cl)c3)C2=O)c1O. The zero-order chi connectivity index (χ0) is 18.1. The number of rotatable bonds is 3. The third kappa shape index (κ3) is 3.04. The summed E-state index contributed by atoms with van der Waals surface area (Å²) in [6.45, 7) is 1.84. The predicted octanol–water partition coefficient (Wildman–Crippen LogP) is 2.82. The molecule has 1 heterocycles. The monoisotopic (exact) mass is 358 g/mol. The number of ether oxygens (including phenoxy) is 1. The molecule has 1 fully saturated rings. The highest BCUT2D eigenvalue weighted by Gasteiger charge is 2.34. The number of carbonyl (C=O) groups is 2. The van der Waals surface area contributed by atoms with Gasteiger partial charge in [-0.3, -0.25) is 15.0 Å². The maximum absolute atomic E-state index is 12.6. The third-order valence-corrected chi connectivity index (χ3v) is 4.26. The molecule has 1 aliphatic rings. The zero-order valence-corrected chi connectivity index (χ0v) is 14.3. The highest BCUT2D eigenvalue weighted by molar-refractivity contribution is 6.33. The molecule has 25 heavy (non-hydrogen) atoms. The number of anilines is 1. The highest BCUT2D eigenvalue weighted by Crippen LogP contribution is 2.32. The number of phenols is 1. The number of amides is 2. The summed E-state index contributed by atoms with van der Waals surface area (Å²) in [4.78, 5) is 24.8. The van der Waals surface area contributed by atoms with Gasteiger partial charge in [-0.2, -0.15) is 0 Å². The Bertz CT molecular complexity index is 908. The number of para-hydroxylation sites is 1. The normalized spacial score (nSPS) is 15.6. The minimum absolute atomic E-state index is 0.0970. The minimum atomic E-state index is -0.566. The van der Waals surface area contributed by atoms with Gasteiger partial charge in [-0.15, -0.1) is 0 Å². The quantitative estimate of drug-likeness (QED) is 0.653. The average molecular weight is 359 g/mol. The van der Waals surface area contributed by atoms with Crippen LogP contribution in [0.1, 0.15) is 11.1 Å². The summed E-state index contributed by atoms with van der Waals surface area (Å²) in [7, 11) is 1.42. The van der Waals surface area contributed by atoms with E-state index in [0.29, 0.717) is 16.3 Å². The topological polar surface area (TPSA) is 78.9 Å². The van der Waals surface area contributed by atoms with Crippen LogP contribution in [-0.2, 0) is 9.59 Å². The number of hydrazine groups is 1. The number of hydrogen-bond donors (Lipinski definition) is 2. The van der Waals surface area contributed by atoms with Crippen LogP contribution in [0.15, 0.2) is 42.0 Å². The number of aromatic hydroxyl groups is 1. The van der Waals surface area contributed by atoms with E-state index in [9.17, 15) is 14.7 Å². The molecule has 7 heteroatoms. The molecule has 1 saturated heterocycles.